The summed E-state index contributed by atoms with van der Waals surface area (Å²) in [7, 11) is 0. The summed E-state index contributed by atoms with van der Waals surface area (Å²) in [6.07, 6.45) is 1.83. The first-order chi connectivity index (χ1) is 12.7. The molecule has 1 aromatic carbocycles. The fraction of sp³-hybridized carbons (Fsp3) is 0.556. The largest absolute Gasteiger partial charge is 0.443 e. The first kappa shape index (κ1) is 19.8. The Morgan fingerprint density at radius 1 is 1.41 bits per heavy atom. The minimum atomic E-state index is -0.560. The normalized spacial score (nSPS) is 15.6. The van der Waals surface area contributed by atoms with Gasteiger partial charge in [-0.3, -0.25) is 5.43 Å². The lowest BCUT2D eigenvalue weighted by atomic mass is 10.2. The molecule has 1 atom stereocenters. The Labute approximate surface area is 167 Å². The number of halogens is 1. The Bertz CT molecular complexity index is 799. The molecule has 1 N–H and O–H groups in total. The van der Waals surface area contributed by atoms with Crippen LogP contribution in [0.1, 0.15) is 46.4 Å². The third kappa shape index (κ3) is 5.26. The van der Waals surface area contributed by atoms with Crippen LogP contribution < -0.4 is 5.43 Å². The third-order valence-electron chi connectivity index (χ3n) is 4.36. The number of hydrogen-bond acceptors (Lipinski definition) is 6. The lowest BCUT2D eigenvalue weighted by Crippen LogP contribution is -2.49. The van der Waals surface area contributed by atoms with Crippen LogP contribution in [-0.2, 0) is 11.3 Å². The Balaban J connectivity index is 1.80. The van der Waals surface area contributed by atoms with E-state index in [0.29, 0.717) is 18.3 Å². The van der Waals surface area contributed by atoms with Crippen molar-refractivity contribution in [2.45, 2.75) is 58.7 Å². The van der Waals surface area contributed by atoms with Crippen LogP contribution in [0.5, 0.6) is 0 Å². The topological polar surface area (TPSA) is 85.2 Å². The van der Waals surface area contributed by atoms with E-state index in [1.165, 1.54) is 0 Å². The van der Waals surface area contributed by atoms with Crippen molar-refractivity contribution in [3.63, 3.8) is 0 Å². The molecule has 27 heavy (non-hydrogen) atoms. The standard InChI is InChI=1S/C18H25BrN6O2/c1-12(13-9-10-13)24(21-17(26)27-18(2,3)4)11-16-20-22-23-25(16)15-8-6-5-7-14(15)19/h5-8,12-13H,9-11H2,1-4H3,(H,21,26). The number of amides is 1. The van der Waals surface area contributed by atoms with Crippen molar-refractivity contribution in [1.29, 1.82) is 0 Å². The fourth-order valence-corrected chi connectivity index (χ4v) is 3.26. The molecule has 1 aliphatic carbocycles. The molecular weight excluding hydrogens is 412 g/mol. The highest BCUT2D eigenvalue weighted by molar-refractivity contribution is 9.10. The van der Waals surface area contributed by atoms with Crippen LogP contribution >= 0.6 is 15.9 Å². The van der Waals surface area contributed by atoms with Crippen molar-refractivity contribution in [3.8, 4) is 5.69 Å². The second-order valence-electron chi connectivity index (χ2n) is 7.78. The summed E-state index contributed by atoms with van der Waals surface area (Å²) in [6.45, 7) is 7.99. The summed E-state index contributed by atoms with van der Waals surface area (Å²) >= 11 is 3.53. The van der Waals surface area contributed by atoms with Gasteiger partial charge in [0.25, 0.3) is 0 Å². The number of nitrogens with zero attached hydrogens (tertiary/aromatic N) is 5. The molecule has 0 radical (unpaired) electrons. The highest BCUT2D eigenvalue weighted by Crippen LogP contribution is 2.35. The number of para-hydroxylation sites is 1. The Kier molecular flexibility index (Phi) is 5.81. The molecule has 1 saturated carbocycles. The summed E-state index contributed by atoms with van der Waals surface area (Å²) < 4.78 is 7.98. The molecule has 8 nitrogen and oxygen atoms in total. The maximum Gasteiger partial charge on any atom is 0.422 e. The van der Waals surface area contributed by atoms with Crippen LogP contribution in [-0.4, -0.2) is 43.0 Å². The molecule has 1 aromatic heterocycles. The van der Waals surface area contributed by atoms with Crippen LogP contribution in [0.4, 0.5) is 4.79 Å². The van der Waals surface area contributed by atoms with Crippen LogP contribution in [0.2, 0.25) is 0 Å². The predicted octanol–water partition coefficient (Wildman–Crippen LogP) is 3.47. The number of carbonyl (C=O) groups is 1. The van der Waals surface area contributed by atoms with Crippen LogP contribution in [0, 0.1) is 5.92 Å². The number of rotatable bonds is 6. The van der Waals surface area contributed by atoms with E-state index in [1.54, 1.807) is 4.68 Å². The fourth-order valence-electron chi connectivity index (χ4n) is 2.80. The van der Waals surface area contributed by atoms with Gasteiger partial charge in [-0.25, -0.2) is 9.80 Å². The average molecular weight is 437 g/mol. The Morgan fingerprint density at radius 2 is 2.11 bits per heavy atom. The quantitative estimate of drug-likeness (QED) is 0.697. The van der Waals surface area contributed by atoms with Crippen molar-refractivity contribution in [1.82, 2.24) is 30.6 Å². The smallest absolute Gasteiger partial charge is 0.422 e. The van der Waals surface area contributed by atoms with E-state index in [0.717, 1.165) is 23.0 Å². The minimum Gasteiger partial charge on any atom is -0.443 e. The molecule has 1 heterocycles. The van der Waals surface area contributed by atoms with E-state index in [-0.39, 0.29) is 6.04 Å². The van der Waals surface area contributed by atoms with Gasteiger partial charge in [0.1, 0.15) is 5.60 Å². The summed E-state index contributed by atoms with van der Waals surface area (Å²) in [5.41, 5.74) is 3.16. The van der Waals surface area contributed by atoms with E-state index in [1.807, 2.05) is 50.0 Å². The second kappa shape index (κ2) is 7.93. The van der Waals surface area contributed by atoms with Gasteiger partial charge in [-0.05, 0) is 84.9 Å². The minimum absolute atomic E-state index is 0.155. The predicted molar refractivity (Wildman–Crippen MR) is 104 cm³/mol. The van der Waals surface area contributed by atoms with Crippen molar-refractivity contribution in [2.24, 2.45) is 5.92 Å². The molecule has 146 valence electrons. The molecule has 0 aliphatic heterocycles. The van der Waals surface area contributed by atoms with Gasteiger partial charge in [0.2, 0.25) is 0 Å². The van der Waals surface area contributed by atoms with E-state index >= 15 is 0 Å². The van der Waals surface area contributed by atoms with Gasteiger partial charge in [-0.15, -0.1) is 5.10 Å². The van der Waals surface area contributed by atoms with Gasteiger partial charge in [0.05, 0.1) is 12.2 Å². The van der Waals surface area contributed by atoms with Crippen LogP contribution in [0.15, 0.2) is 28.7 Å². The zero-order chi connectivity index (χ0) is 19.6. The van der Waals surface area contributed by atoms with Gasteiger partial charge in [0, 0.05) is 10.5 Å². The third-order valence-corrected chi connectivity index (χ3v) is 5.03. The number of benzene rings is 1. The van der Waals surface area contributed by atoms with Gasteiger partial charge in [-0.1, -0.05) is 12.1 Å². The monoisotopic (exact) mass is 436 g/mol. The van der Waals surface area contributed by atoms with E-state index in [4.69, 9.17) is 4.74 Å². The molecule has 1 unspecified atom stereocenters. The molecule has 1 aliphatic rings. The number of hydrogen-bond donors (Lipinski definition) is 1. The average Bonchev–Trinajstić information content (AvgIpc) is 3.32. The first-order valence-corrected chi connectivity index (χ1v) is 9.82. The Morgan fingerprint density at radius 3 is 2.74 bits per heavy atom. The molecule has 3 rings (SSSR count). The molecule has 0 bridgehead atoms. The second-order valence-corrected chi connectivity index (χ2v) is 8.63. The maximum absolute atomic E-state index is 12.3. The summed E-state index contributed by atoms with van der Waals surface area (Å²) in [6, 6.07) is 7.88. The molecule has 1 fully saturated rings. The number of ether oxygens (including phenoxy) is 1. The van der Waals surface area contributed by atoms with E-state index in [9.17, 15) is 4.79 Å². The molecule has 0 spiro atoms. The van der Waals surface area contributed by atoms with Crippen molar-refractivity contribution < 1.29 is 9.53 Å². The van der Waals surface area contributed by atoms with Crippen molar-refractivity contribution in [2.75, 3.05) is 0 Å². The number of hydrazine groups is 1. The summed E-state index contributed by atoms with van der Waals surface area (Å²) in [4.78, 5) is 12.3. The van der Waals surface area contributed by atoms with E-state index in [2.05, 4.69) is 43.8 Å². The van der Waals surface area contributed by atoms with Crippen LogP contribution in [0.3, 0.4) is 0 Å². The molecule has 0 saturated heterocycles. The number of nitrogens with one attached hydrogen (secondary N) is 1. The van der Waals surface area contributed by atoms with Crippen molar-refractivity contribution >= 4 is 22.0 Å². The Hall–Kier alpha value is -2.00. The first-order valence-electron chi connectivity index (χ1n) is 9.03. The van der Waals surface area contributed by atoms with Gasteiger partial charge >= 0.3 is 6.09 Å². The lowest BCUT2D eigenvalue weighted by Gasteiger charge is -2.30. The molecule has 9 heteroatoms. The number of aromatic nitrogens is 4. The highest BCUT2D eigenvalue weighted by atomic mass is 79.9. The number of tetrazole rings is 1. The SMILES string of the molecule is CC(C1CC1)N(Cc1nnnn1-c1ccccc1Br)NC(=O)OC(C)(C)C. The summed E-state index contributed by atoms with van der Waals surface area (Å²) in [5.74, 6) is 1.18. The summed E-state index contributed by atoms with van der Waals surface area (Å²) in [5, 5.41) is 14.0. The zero-order valence-electron chi connectivity index (χ0n) is 16.0. The number of carbonyl (C=O) groups excluding carboxylic acids is 1. The molecule has 1 amide bonds. The van der Waals surface area contributed by atoms with E-state index < -0.39 is 11.7 Å². The van der Waals surface area contributed by atoms with Gasteiger partial charge < -0.3 is 4.74 Å². The van der Waals surface area contributed by atoms with Gasteiger partial charge in [-0.2, -0.15) is 4.68 Å². The lowest BCUT2D eigenvalue weighted by molar-refractivity contribution is 0.0204. The van der Waals surface area contributed by atoms with Gasteiger partial charge in [0.15, 0.2) is 5.82 Å². The molecular formula is C18H25BrN6O2. The zero-order valence-corrected chi connectivity index (χ0v) is 17.6. The van der Waals surface area contributed by atoms with Crippen LogP contribution in [0.25, 0.3) is 5.69 Å². The maximum atomic E-state index is 12.3. The highest BCUT2D eigenvalue weighted by Gasteiger charge is 2.34. The van der Waals surface area contributed by atoms with Crippen molar-refractivity contribution in [3.05, 3.63) is 34.6 Å². The molecule has 2 aromatic rings.